The van der Waals surface area contributed by atoms with Crippen molar-refractivity contribution in [2.75, 3.05) is 0 Å². The molecule has 0 atom stereocenters. The van der Waals surface area contributed by atoms with E-state index in [2.05, 4.69) is 15.5 Å². The van der Waals surface area contributed by atoms with Crippen molar-refractivity contribution in [1.29, 1.82) is 0 Å². The summed E-state index contributed by atoms with van der Waals surface area (Å²) in [7, 11) is 0. The molecule has 1 N–H and O–H groups in total. The van der Waals surface area contributed by atoms with Gasteiger partial charge in [-0.2, -0.15) is 5.10 Å². The van der Waals surface area contributed by atoms with E-state index in [1.165, 1.54) is 11.3 Å². The van der Waals surface area contributed by atoms with Crippen LogP contribution in [0.15, 0.2) is 40.9 Å². The summed E-state index contributed by atoms with van der Waals surface area (Å²) in [6.45, 7) is 2.91. The van der Waals surface area contributed by atoms with E-state index in [0.29, 0.717) is 31.6 Å². The van der Waals surface area contributed by atoms with Crippen LogP contribution in [-0.2, 0) is 22.7 Å². The highest BCUT2D eigenvalue weighted by Crippen LogP contribution is 2.18. The third-order valence-electron chi connectivity index (χ3n) is 3.83. The monoisotopic (exact) mass is 342 g/mol. The van der Waals surface area contributed by atoms with Gasteiger partial charge in [0.1, 0.15) is 5.71 Å². The number of hydrazone groups is 1. The Morgan fingerprint density at radius 1 is 1.25 bits per heavy atom. The summed E-state index contributed by atoms with van der Waals surface area (Å²) in [6, 6.07) is 9.83. The molecule has 2 amide bonds. The molecule has 7 heteroatoms. The molecule has 0 saturated heterocycles. The zero-order valence-corrected chi connectivity index (χ0v) is 14.2. The molecule has 0 fully saturated rings. The van der Waals surface area contributed by atoms with Gasteiger partial charge in [0.15, 0.2) is 0 Å². The number of amides is 2. The molecule has 1 aliphatic heterocycles. The fraction of sp³-hybridized carbons (Fsp3) is 0.294. The van der Waals surface area contributed by atoms with Gasteiger partial charge in [0, 0.05) is 24.3 Å². The number of aromatic nitrogens is 1. The highest BCUT2D eigenvalue weighted by Gasteiger charge is 2.24. The number of nitrogens with one attached hydrogen (secondary N) is 1. The van der Waals surface area contributed by atoms with Gasteiger partial charge in [0.25, 0.3) is 5.91 Å². The Labute approximate surface area is 144 Å². The van der Waals surface area contributed by atoms with Crippen LogP contribution in [-0.4, -0.2) is 27.4 Å². The van der Waals surface area contributed by atoms with Crippen LogP contribution in [0.5, 0.6) is 0 Å². The van der Waals surface area contributed by atoms with E-state index in [0.717, 1.165) is 16.1 Å². The van der Waals surface area contributed by atoms with Gasteiger partial charge in [-0.1, -0.05) is 30.3 Å². The molecule has 1 aliphatic rings. The molecule has 0 saturated carbocycles. The maximum Gasteiger partial charge on any atom is 0.270 e. The number of hydrogen-bond donors (Lipinski definition) is 1. The fourth-order valence-corrected chi connectivity index (χ4v) is 3.26. The zero-order valence-electron chi connectivity index (χ0n) is 13.4. The Morgan fingerprint density at radius 2 is 2.04 bits per heavy atom. The quantitative estimate of drug-likeness (QED) is 0.905. The zero-order chi connectivity index (χ0) is 16.9. The number of carbonyl (C=O) groups excluding carboxylic acids is 2. The number of carbonyl (C=O) groups is 2. The van der Waals surface area contributed by atoms with Crippen LogP contribution in [0.4, 0.5) is 0 Å². The Bertz CT molecular complexity index is 770. The summed E-state index contributed by atoms with van der Waals surface area (Å²) in [6.07, 6.45) is 0.668. The molecule has 0 bridgehead atoms. The van der Waals surface area contributed by atoms with Crippen molar-refractivity contribution in [3.8, 4) is 0 Å². The van der Waals surface area contributed by atoms with E-state index in [4.69, 9.17) is 0 Å². The van der Waals surface area contributed by atoms with Gasteiger partial charge in [-0.15, -0.1) is 11.3 Å². The molecule has 124 valence electrons. The molecule has 0 spiro atoms. The lowest BCUT2D eigenvalue weighted by molar-refractivity contribution is -0.125. The first kappa shape index (κ1) is 16.3. The van der Waals surface area contributed by atoms with E-state index < -0.39 is 0 Å². The Balaban J connectivity index is 1.82. The molecular formula is C17H18N4O2S. The summed E-state index contributed by atoms with van der Waals surface area (Å²) in [5.41, 5.74) is 6.56. The number of thiazole rings is 1. The highest BCUT2D eigenvalue weighted by molar-refractivity contribution is 7.09. The Hall–Kier alpha value is -2.54. The van der Waals surface area contributed by atoms with Crippen LogP contribution in [0.2, 0.25) is 0 Å². The van der Waals surface area contributed by atoms with Crippen LogP contribution in [0.1, 0.15) is 29.0 Å². The molecule has 2 aromatic rings. The molecule has 6 nitrogen and oxygen atoms in total. The molecule has 1 aromatic carbocycles. The first-order chi connectivity index (χ1) is 11.6. The van der Waals surface area contributed by atoms with E-state index in [9.17, 15) is 9.59 Å². The summed E-state index contributed by atoms with van der Waals surface area (Å²) in [4.78, 5) is 31.2. The van der Waals surface area contributed by atoms with Crippen molar-refractivity contribution in [2.24, 2.45) is 5.10 Å². The van der Waals surface area contributed by atoms with Gasteiger partial charge in [-0.25, -0.2) is 10.4 Å². The minimum absolute atomic E-state index is 0.147. The number of nitrogens with zero attached hydrogens (tertiary/aromatic N) is 3. The van der Waals surface area contributed by atoms with Gasteiger partial charge in [0.2, 0.25) is 5.91 Å². The first-order valence-electron chi connectivity index (χ1n) is 7.71. The highest BCUT2D eigenvalue weighted by atomic mass is 32.1. The maximum absolute atomic E-state index is 12.9. The van der Waals surface area contributed by atoms with Gasteiger partial charge in [-0.3, -0.25) is 9.59 Å². The maximum atomic E-state index is 12.9. The van der Waals surface area contributed by atoms with Gasteiger partial charge in [0.05, 0.1) is 17.7 Å². The smallest absolute Gasteiger partial charge is 0.270 e. The van der Waals surface area contributed by atoms with E-state index >= 15 is 0 Å². The van der Waals surface area contributed by atoms with Crippen LogP contribution < -0.4 is 5.43 Å². The number of rotatable bonds is 5. The summed E-state index contributed by atoms with van der Waals surface area (Å²) in [5, 5.41) is 3.94. The van der Waals surface area contributed by atoms with Crippen LogP contribution in [0.3, 0.4) is 0 Å². The lowest BCUT2D eigenvalue weighted by Gasteiger charge is -2.24. The van der Waals surface area contributed by atoms with E-state index in [1.54, 1.807) is 10.4 Å². The molecule has 2 heterocycles. The topological polar surface area (TPSA) is 74.7 Å². The lowest BCUT2D eigenvalue weighted by atomic mass is 10.1. The average Bonchev–Trinajstić information content (AvgIpc) is 3.00. The Morgan fingerprint density at radius 3 is 2.67 bits per heavy atom. The predicted molar refractivity (Wildman–Crippen MR) is 92.4 cm³/mol. The second-order valence-electron chi connectivity index (χ2n) is 5.60. The fourth-order valence-electron chi connectivity index (χ4n) is 2.47. The molecule has 3 rings (SSSR count). The normalized spacial score (nSPS) is 14.0. The second-order valence-corrected chi connectivity index (χ2v) is 6.54. The Kier molecular flexibility index (Phi) is 5.00. The number of hydrogen-bond acceptors (Lipinski definition) is 5. The first-order valence-corrected chi connectivity index (χ1v) is 8.59. The second kappa shape index (κ2) is 7.35. The third-order valence-corrected chi connectivity index (χ3v) is 4.75. The number of benzene rings is 1. The van der Waals surface area contributed by atoms with Gasteiger partial charge < -0.3 is 4.90 Å². The standard InChI is InChI=1S/C17H18N4O2S/c1-12-15(24-11-18-12)10-21(9-13-5-3-2-4-6-13)17(23)14-7-8-16(22)20-19-14/h2-6,11H,7-10H2,1H3,(H,20,22). The van der Waals surface area contributed by atoms with Gasteiger partial charge in [-0.05, 0) is 12.5 Å². The molecule has 24 heavy (non-hydrogen) atoms. The van der Waals surface area contributed by atoms with Crippen molar-refractivity contribution >= 4 is 28.9 Å². The van der Waals surface area contributed by atoms with Crippen molar-refractivity contribution in [1.82, 2.24) is 15.3 Å². The minimum atomic E-state index is -0.153. The molecule has 1 aromatic heterocycles. The van der Waals surface area contributed by atoms with E-state index in [-0.39, 0.29) is 11.8 Å². The molecule has 0 unspecified atom stereocenters. The van der Waals surface area contributed by atoms with E-state index in [1.807, 2.05) is 37.3 Å². The van der Waals surface area contributed by atoms with Crippen molar-refractivity contribution in [3.05, 3.63) is 52.0 Å². The predicted octanol–water partition coefficient (Wildman–Crippen LogP) is 2.25. The summed E-state index contributed by atoms with van der Waals surface area (Å²) in [5.74, 6) is -0.300. The summed E-state index contributed by atoms with van der Waals surface area (Å²) >= 11 is 1.54. The van der Waals surface area contributed by atoms with Crippen LogP contribution in [0, 0.1) is 6.92 Å². The third kappa shape index (κ3) is 3.86. The van der Waals surface area contributed by atoms with Crippen molar-refractivity contribution in [2.45, 2.75) is 32.9 Å². The summed E-state index contributed by atoms with van der Waals surface area (Å²) < 4.78 is 0. The number of aryl methyl sites for hydroxylation is 1. The van der Waals surface area contributed by atoms with Crippen LogP contribution in [0.25, 0.3) is 0 Å². The largest absolute Gasteiger partial charge is 0.328 e. The minimum Gasteiger partial charge on any atom is -0.328 e. The van der Waals surface area contributed by atoms with Crippen molar-refractivity contribution < 1.29 is 9.59 Å². The lowest BCUT2D eigenvalue weighted by Crippen LogP contribution is -2.39. The van der Waals surface area contributed by atoms with Gasteiger partial charge >= 0.3 is 0 Å². The van der Waals surface area contributed by atoms with Crippen molar-refractivity contribution in [3.63, 3.8) is 0 Å². The molecule has 0 aliphatic carbocycles. The molecule has 0 radical (unpaired) electrons. The van der Waals surface area contributed by atoms with Crippen LogP contribution >= 0.6 is 11.3 Å². The molecular weight excluding hydrogens is 324 g/mol. The average molecular weight is 342 g/mol. The SMILES string of the molecule is Cc1ncsc1CN(Cc1ccccc1)C(=O)C1=NNC(=O)CC1.